The van der Waals surface area contributed by atoms with Crippen molar-refractivity contribution >= 4 is 39.5 Å². The van der Waals surface area contributed by atoms with Crippen molar-refractivity contribution in [2.45, 2.75) is 13.3 Å². The smallest absolute Gasteiger partial charge is 0.159 e. The quantitative estimate of drug-likeness (QED) is 0.455. The lowest BCUT2D eigenvalue weighted by Gasteiger charge is -2.14. The molecule has 0 unspecified atom stereocenters. The van der Waals surface area contributed by atoms with Crippen molar-refractivity contribution in [1.29, 1.82) is 0 Å². The van der Waals surface area contributed by atoms with Gasteiger partial charge < -0.3 is 16.4 Å². The van der Waals surface area contributed by atoms with Gasteiger partial charge in [0.15, 0.2) is 11.6 Å². The fourth-order valence-electron chi connectivity index (χ4n) is 3.02. The fourth-order valence-corrected chi connectivity index (χ4v) is 3.02. The lowest BCUT2D eigenvalue weighted by molar-refractivity contribution is 1.14. The first kappa shape index (κ1) is 16.8. The highest BCUT2D eigenvalue weighted by Crippen LogP contribution is 2.31. The monoisotopic (exact) mass is 355 g/mol. The Hall–Kier alpha value is -3.60. The molecule has 0 radical (unpaired) electrons. The van der Waals surface area contributed by atoms with Gasteiger partial charge in [0.1, 0.15) is 12.0 Å². The molecule has 27 heavy (non-hydrogen) atoms. The largest absolute Gasteiger partial charge is 0.393 e. The van der Waals surface area contributed by atoms with Gasteiger partial charge in [-0.05, 0) is 35.6 Å². The van der Waals surface area contributed by atoms with Crippen molar-refractivity contribution in [3.8, 4) is 0 Å². The fraction of sp³-hybridized carbons (Fsp3) is 0.0909. The first-order valence-electron chi connectivity index (χ1n) is 8.96. The van der Waals surface area contributed by atoms with Crippen molar-refractivity contribution in [3.05, 3.63) is 78.6 Å². The maximum Gasteiger partial charge on any atom is 0.159 e. The van der Waals surface area contributed by atoms with E-state index in [1.54, 1.807) is 0 Å². The third kappa shape index (κ3) is 3.53. The minimum atomic E-state index is 0.477. The predicted octanol–water partition coefficient (Wildman–Crippen LogP) is 5.26. The number of nitrogen functional groups attached to an aromatic ring is 1. The van der Waals surface area contributed by atoms with Crippen molar-refractivity contribution in [3.63, 3.8) is 0 Å². The molecular weight excluding hydrogens is 334 g/mol. The molecule has 4 N–H and O–H groups in total. The summed E-state index contributed by atoms with van der Waals surface area (Å²) < 4.78 is 0. The molecule has 0 aliphatic heterocycles. The number of nitrogens with two attached hydrogens (primary N) is 1. The van der Waals surface area contributed by atoms with Crippen LogP contribution in [0.3, 0.4) is 0 Å². The minimum absolute atomic E-state index is 0.477. The van der Waals surface area contributed by atoms with Crippen molar-refractivity contribution in [2.75, 3.05) is 16.4 Å². The Morgan fingerprint density at radius 2 is 1.52 bits per heavy atom. The van der Waals surface area contributed by atoms with Crippen LogP contribution in [0.25, 0.3) is 10.8 Å². The average molecular weight is 355 g/mol. The van der Waals surface area contributed by atoms with E-state index in [-0.39, 0.29) is 0 Å². The highest BCUT2D eigenvalue weighted by atomic mass is 15.1. The number of nitrogens with zero attached hydrogens (tertiary/aromatic N) is 2. The van der Waals surface area contributed by atoms with Gasteiger partial charge in [-0.1, -0.05) is 55.5 Å². The summed E-state index contributed by atoms with van der Waals surface area (Å²) in [5.41, 5.74) is 9.99. The molecule has 134 valence electrons. The lowest BCUT2D eigenvalue weighted by Crippen LogP contribution is -2.05. The molecule has 0 saturated carbocycles. The Kier molecular flexibility index (Phi) is 4.58. The molecule has 0 aliphatic rings. The van der Waals surface area contributed by atoms with E-state index in [1.807, 2.05) is 36.4 Å². The molecule has 1 aromatic heterocycles. The number of anilines is 5. The molecule has 4 rings (SSSR count). The Morgan fingerprint density at radius 1 is 0.815 bits per heavy atom. The van der Waals surface area contributed by atoms with E-state index in [1.165, 1.54) is 11.9 Å². The van der Waals surface area contributed by atoms with Crippen LogP contribution in [0.4, 0.5) is 28.7 Å². The summed E-state index contributed by atoms with van der Waals surface area (Å²) in [6.45, 7) is 2.13. The Bertz CT molecular complexity index is 1070. The topological polar surface area (TPSA) is 75.9 Å². The van der Waals surface area contributed by atoms with E-state index in [9.17, 15) is 0 Å². The minimum Gasteiger partial charge on any atom is -0.393 e. The van der Waals surface area contributed by atoms with E-state index < -0.39 is 0 Å². The van der Waals surface area contributed by atoms with Crippen LogP contribution in [0.5, 0.6) is 0 Å². The van der Waals surface area contributed by atoms with Gasteiger partial charge in [-0.15, -0.1) is 0 Å². The molecule has 0 fully saturated rings. The number of hydrogen-bond acceptors (Lipinski definition) is 5. The molecule has 0 aliphatic carbocycles. The summed E-state index contributed by atoms with van der Waals surface area (Å²) in [7, 11) is 0. The van der Waals surface area contributed by atoms with Crippen LogP contribution in [0, 0.1) is 0 Å². The molecule has 5 nitrogen and oxygen atoms in total. The Balaban J connectivity index is 1.63. The van der Waals surface area contributed by atoms with Crippen LogP contribution in [-0.2, 0) is 6.42 Å². The Morgan fingerprint density at radius 3 is 2.30 bits per heavy atom. The van der Waals surface area contributed by atoms with Crippen LogP contribution in [0.1, 0.15) is 12.5 Å². The molecule has 1 heterocycles. The first-order chi connectivity index (χ1) is 13.2. The molecule has 3 aromatic carbocycles. The molecule has 0 bridgehead atoms. The Labute approximate surface area is 158 Å². The van der Waals surface area contributed by atoms with Crippen molar-refractivity contribution < 1.29 is 0 Å². The zero-order valence-electron chi connectivity index (χ0n) is 15.1. The van der Waals surface area contributed by atoms with Crippen LogP contribution in [0.2, 0.25) is 0 Å². The van der Waals surface area contributed by atoms with Crippen LogP contribution in [0.15, 0.2) is 73.1 Å². The molecule has 4 aromatic rings. The molecule has 0 spiro atoms. The van der Waals surface area contributed by atoms with E-state index in [4.69, 9.17) is 5.73 Å². The maximum atomic E-state index is 6.33. The van der Waals surface area contributed by atoms with Crippen LogP contribution >= 0.6 is 0 Å². The van der Waals surface area contributed by atoms with Gasteiger partial charge in [0.2, 0.25) is 0 Å². The maximum absolute atomic E-state index is 6.33. The summed E-state index contributed by atoms with van der Waals surface area (Å²) in [6, 6.07) is 22.5. The van der Waals surface area contributed by atoms with Crippen LogP contribution in [-0.4, -0.2) is 9.97 Å². The van der Waals surface area contributed by atoms with Crippen molar-refractivity contribution in [2.24, 2.45) is 0 Å². The summed E-state index contributed by atoms with van der Waals surface area (Å²) in [4.78, 5) is 8.62. The molecule has 0 amide bonds. The zero-order valence-corrected chi connectivity index (χ0v) is 15.1. The van der Waals surface area contributed by atoms with E-state index >= 15 is 0 Å². The summed E-state index contributed by atoms with van der Waals surface area (Å²) in [5.74, 6) is 1.16. The number of benzene rings is 3. The highest BCUT2D eigenvalue weighted by Gasteiger charge is 2.10. The molecule has 0 atom stereocenters. The van der Waals surface area contributed by atoms with Gasteiger partial charge in [-0.25, -0.2) is 9.97 Å². The number of rotatable bonds is 5. The zero-order chi connectivity index (χ0) is 18.6. The number of aromatic nitrogens is 2. The second-order valence-corrected chi connectivity index (χ2v) is 6.31. The van der Waals surface area contributed by atoms with E-state index in [0.29, 0.717) is 17.3 Å². The van der Waals surface area contributed by atoms with Gasteiger partial charge in [-0.3, -0.25) is 0 Å². The first-order valence-corrected chi connectivity index (χ1v) is 8.96. The van der Waals surface area contributed by atoms with Gasteiger partial charge in [0.05, 0.1) is 0 Å². The normalized spacial score (nSPS) is 10.7. The predicted molar refractivity (Wildman–Crippen MR) is 113 cm³/mol. The summed E-state index contributed by atoms with van der Waals surface area (Å²) in [6.07, 6.45) is 2.52. The van der Waals surface area contributed by atoms with Crippen molar-refractivity contribution in [1.82, 2.24) is 9.97 Å². The molecular formula is C22H21N5. The molecule has 0 saturated heterocycles. The summed E-state index contributed by atoms with van der Waals surface area (Å²) >= 11 is 0. The highest BCUT2D eigenvalue weighted by molar-refractivity contribution is 5.96. The number of aryl methyl sites for hydroxylation is 1. The number of fused-ring (bicyclic) bond motifs is 1. The SMILES string of the molecule is CCc1ccc(Nc2ncnc(Nc3cccc4ccccc34)c2N)cc1. The third-order valence-electron chi connectivity index (χ3n) is 4.55. The molecule has 5 heteroatoms. The van der Waals surface area contributed by atoms with E-state index in [0.717, 1.165) is 28.6 Å². The van der Waals surface area contributed by atoms with Gasteiger partial charge in [0, 0.05) is 16.8 Å². The summed E-state index contributed by atoms with van der Waals surface area (Å²) in [5, 5.41) is 8.88. The number of nitrogens with one attached hydrogen (secondary N) is 2. The van der Waals surface area contributed by atoms with Crippen LogP contribution < -0.4 is 16.4 Å². The second kappa shape index (κ2) is 7.33. The second-order valence-electron chi connectivity index (χ2n) is 6.31. The number of hydrogen-bond donors (Lipinski definition) is 3. The average Bonchev–Trinajstić information content (AvgIpc) is 2.72. The third-order valence-corrected chi connectivity index (χ3v) is 4.55. The van der Waals surface area contributed by atoms with Gasteiger partial charge >= 0.3 is 0 Å². The standard InChI is InChI=1S/C22H21N5/c1-2-15-10-12-17(13-11-15)26-21-20(23)22(25-14-24-21)27-19-9-5-7-16-6-3-4-8-18(16)19/h3-14H,2,23H2,1H3,(H2,24,25,26,27). The lowest BCUT2D eigenvalue weighted by atomic mass is 10.1. The van der Waals surface area contributed by atoms with Gasteiger partial charge in [-0.2, -0.15) is 0 Å². The van der Waals surface area contributed by atoms with Gasteiger partial charge in [0.25, 0.3) is 0 Å². The van der Waals surface area contributed by atoms with E-state index in [2.05, 4.69) is 57.9 Å².